The van der Waals surface area contributed by atoms with E-state index >= 15 is 0 Å². The number of fused-ring (bicyclic) bond motifs is 2. The molecule has 1 saturated carbocycles. The van der Waals surface area contributed by atoms with Crippen molar-refractivity contribution in [1.29, 1.82) is 0 Å². The van der Waals surface area contributed by atoms with Gasteiger partial charge >= 0.3 is 0 Å². The Balaban J connectivity index is 1.36. The van der Waals surface area contributed by atoms with Crippen LogP contribution in [-0.4, -0.2) is 6.29 Å². The van der Waals surface area contributed by atoms with E-state index in [0.717, 1.165) is 0 Å². The Labute approximate surface area is 178 Å². The molecule has 2 fully saturated rings. The highest BCUT2D eigenvalue weighted by molar-refractivity contribution is 5.31. The molecule has 6 rings (SSSR count). The van der Waals surface area contributed by atoms with Gasteiger partial charge in [-0.2, -0.15) is 0 Å². The highest BCUT2D eigenvalue weighted by Crippen LogP contribution is 2.58. The van der Waals surface area contributed by atoms with Crippen LogP contribution in [0.4, 0.5) is 0 Å². The Morgan fingerprint density at radius 3 is 1.53 bits per heavy atom. The molecule has 0 radical (unpaired) electrons. The largest absolute Gasteiger partial charge is 0.341 e. The van der Waals surface area contributed by atoms with Crippen molar-refractivity contribution in [3.8, 4) is 0 Å². The minimum atomic E-state index is -0.203. The van der Waals surface area contributed by atoms with E-state index in [0.29, 0.717) is 23.7 Å². The van der Waals surface area contributed by atoms with E-state index in [1.165, 1.54) is 23.1 Å². The molecule has 2 bridgehead atoms. The minimum Gasteiger partial charge on any atom is -0.341 e. The van der Waals surface area contributed by atoms with E-state index in [9.17, 15) is 0 Å². The fourth-order valence-corrected chi connectivity index (χ4v) is 5.81. The fraction of sp³-hybridized carbons (Fsp3) is 0.286. The first-order chi connectivity index (χ1) is 14.9. The van der Waals surface area contributed by atoms with Crippen LogP contribution in [-0.2, 0) is 9.47 Å². The molecule has 30 heavy (non-hydrogen) atoms. The summed E-state index contributed by atoms with van der Waals surface area (Å²) in [5, 5.41) is 0. The Morgan fingerprint density at radius 2 is 1.00 bits per heavy atom. The average molecular weight is 395 g/mol. The van der Waals surface area contributed by atoms with E-state index in [1.54, 1.807) is 0 Å². The van der Waals surface area contributed by atoms with Gasteiger partial charge in [0.25, 0.3) is 0 Å². The number of rotatable bonds is 4. The summed E-state index contributed by atoms with van der Waals surface area (Å²) in [5.74, 6) is 1.91. The van der Waals surface area contributed by atoms with Crippen LogP contribution in [0.15, 0.2) is 103 Å². The molecule has 0 spiro atoms. The summed E-state index contributed by atoms with van der Waals surface area (Å²) < 4.78 is 13.5. The van der Waals surface area contributed by atoms with Gasteiger partial charge in [-0.1, -0.05) is 103 Å². The second-order valence-corrected chi connectivity index (χ2v) is 8.77. The lowest BCUT2D eigenvalue weighted by molar-refractivity contribution is -0.116. The molecule has 2 heteroatoms. The Hall–Kier alpha value is -2.68. The number of hydrogen-bond acceptors (Lipinski definition) is 2. The van der Waals surface area contributed by atoms with Crippen LogP contribution in [0.25, 0.3) is 0 Å². The molecule has 3 aliphatic rings. The predicted molar refractivity (Wildman–Crippen MR) is 118 cm³/mol. The highest BCUT2D eigenvalue weighted by atomic mass is 16.7. The van der Waals surface area contributed by atoms with E-state index in [-0.39, 0.29) is 18.5 Å². The predicted octanol–water partition coefficient (Wildman–Crippen LogP) is 6.45. The third kappa shape index (κ3) is 3.03. The Kier molecular flexibility index (Phi) is 4.55. The summed E-state index contributed by atoms with van der Waals surface area (Å²) in [6, 6.07) is 32.0. The molecule has 150 valence electrons. The summed E-state index contributed by atoms with van der Waals surface area (Å²) in [4.78, 5) is 0. The van der Waals surface area contributed by atoms with Crippen LogP contribution in [0, 0.1) is 17.8 Å². The lowest BCUT2D eigenvalue weighted by atomic mass is 9.78. The highest BCUT2D eigenvalue weighted by Gasteiger charge is 2.53. The van der Waals surface area contributed by atoms with Gasteiger partial charge in [-0.3, -0.25) is 0 Å². The molecule has 1 aliphatic heterocycles. The number of hydrogen-bond donors (Lipinski definition) is 0. The minimum absolute atomic E-state index is 0.0851. The van der Waals surface area contributed by atoms with Crippen LogP contribution in [0.5, 0.6) is 0 Å². The SMILES string of the molecule is C1=CC2CC1C(c1ccccc1)[C@@H]2C1O[C@@H](c2ccccc2)[C@H](c2ccccc2)O1. The Morgan fingerprint density at radius 1 is 0.533 bits per heavy atom. The first kappa shape index (κ1) is 18.1. The van der Waals surface area contributed by atoms with Crippen molar-refractivity contribution in [2.24, 2.45) is 17.8 Å². The molecule has 2 aliphatic carbocycles. The maximum atomic E-state index is 6.75. The van der Waals surface area contributed by atoms with Crippen molar-refractivity contribution in [2.75, 3.05) is 0 Å². The topological polar surface area (TPSA) is 18.5 Å². The van der Waals surface area contributed by atoms with Gasteiger partial charge in [0.2, 0.25) is 0 Å². The van der Waals surface area contributed by atoms with Gasteiger partial charge in [0.05, 0.1) is 0 Å². The summed E-state index contributed by atoms with van der Waals surface area (Å²) >= 11 is 0. The summed E-state index contributed by atoms with van der Waals surface area (Å²) in [7, 11) is 0. The molecule has 6 atom stereocenters. The molecule has 2 nitrogen and oxygen atoms in total. The molecule has 1 heterocycles. The van der Waals surface area contributed by atoms with E-state index in [2.05, 4.69) is 103 Å². The van der Waals surface area contributed by atoms with Crippen molar-refractivity contribution in [3.63, 3.8) is 0 Å². The maximum Gasteiger partial charge on any atom is 0.163 e. The van der Waals surface area contributed by atoms with E-state index in [4.69, 9.17) is 9.47 Å². The first-order valence-corrected chi connectivity index (χ1v) is 11.0. The second-order valence-electron chi connectivity index (χ2n) is 8.77. The second kappa shape index (κ2) is 7.54. The molecule has 3 aromatic carbocycles. The standard InChI is InChI=1S/C28H26O2/c1-4-10-19(11-5-1)24-22-16-17-23(18-22)25(24)28-29-26(20-12-6-2-7-13-20)27(30-28)21-14-8-3-9-15-21/h1-17,22-28H,18H2/t22?,23?,24?,25-,26+,27+/m1/s1. The zero-order valence-corrected chi connectivity index (χ0v) is 16.9. The zero-order chi connectivity index (χ0) is 19.9. The molecule has 0 aromatic heterocycles. The first-order valence-electron chi connectivity index (χ1n) is 11.0. The third-order valence-electron chi connectivity index (χ3n) is 7.11. The quantitative estimate of drug-likeness (QED) is 0.474. The maximum absolute atomic E-state index is 6.75. The van der Waals surface area contributed by atoms with Gasteiger partial charge in [-0.05, 0) is 40.9 Å². The number of benzene rings is 3. The van der Waals surface area contributed by atoms with Gasteiger partial charge in [0, 0.05) is 5.92 Å². The van der Waals surface area contributed by atoms with Crippen LogP contribution in [0.2, 0.25) is 0 Å². The Bertz CT molecular complexity index is 967. The van der Waals surface area contributed by atoms with Crippen LogP contribution in [0.3, 0.4) is 0 Å². The monoisotopic (exact) mass is 394 g/mol. The van der Waals surface area contributed by atoms with Gasteiger partial charge in [0.1, 0.15) is 12.2 Å². The van der Waals surface area contributed by atoms with Crippen molar-refractivity contribution in [2.45, 2.75) is 30.8 Å². The van der Waals surface area contributed by atoms with Gasteiger partial charge < -0.3 is 9.47 Å². The van der Waals surface area contributed by atoms with Crippen molar-refractivity contribution in [3.05, 3.63) is 120 Å². The fourth-order valence-electron chi connectivity index (χ4n) is 5.81. The summed E-state index contributed by atoms with van der Waals surface area (Å²) in [5.41, 5.74) is 3.78. The molecule has 0 N–H and O–H groups in total. The van der Waals surface area contributed by atoms with Crippen molar-refractivity contribution in [1.82, 2.24) is 0 Å². The molecule has 0 amide bonds. The smallest absolute Gasteiger partial charge is 0.163 e. The van der Waals surface area contributed by atoms with Gasteiger partial charge in [0.15, 0.2) is 6.29 Å². The van der Waals surface area contributed by atoms with Gasteiger partial charge in [-0.25, -0.2) is 0 Å². The number of allylic oxidation sites excluding steroid dienone is 2. The average Bonchev–Trinajstić information content (AvgIpc) is 3.55. The zero-order valence-electron chi connectivity index (χ0n) is 16.9. The molecule has 3 unspecified atom stereocenters. The molecular weight excluding hydrogens is 368 g/mol. The van der Waals surface area contributed by atoms with Crippen LogP contribution < -0.4 is 0 Å². The third-order valence-corrected chi connectivity index (χ3v) is 7.11. The lowest BCUT2D eigenvalue weighted by Gasteiger charge is -2.32. The van der Waals surface area contributed by atoms with Crippen LogP contribution >= 0.6 is 0 Å². The molecule has 1 saturated heterocycles. The lowest BCUT2D eigenvalue weighted by Crippen LogP contribution is -2.31. The summed E-state index contributed by atoms with van der Waals surface area (Å²) in [6.07, 6.45) is 5.65. The van der Waals surface area contributed by atoms with E-state index < -0.39 is 0 Å². The summed E-state index contributed by atoms with van der Waals surface area (Å²) in [6.45, 7) is 0. The van der Waals surface area contributed by atoms with Crippen molar-refractivity contribution >= 4 is 0 Å². The normalized spacial score (nSPS) is 32.7. The van der Waals surface area contributed by atoms with E-state index in [1.807, 2.05) is 0 Å². The van der Waals surface area contributed by atoms with Crippen molar-refractivity contribution < 1.29 is 9.47 Å². The molecular formula is C28H26O2. The van der Waals surface area contributed by atoms with Crippen LogP contribution in [0.1, 0.15) is 41.2 Å². The molecule has 3 aromatic rings. The number of ether oxygens (including phenoxy) is 2. The van der Waals surface area contributed by atoms with Gasteiger partial charge in [-0.15, -0.1) is 0 Å².